The van der Waals surface area contributed by atoms with Crippen molar-refractivity contribution < 1.29 is 9.72 Å². The minimum Gasteiger partial charge on any atom is -0.358 e. The molecule has 1 N–H and O–H groups in total. The maximum Gasteiger partial charge on any atom is 0.390 e. The van der Waals surface area contributed by atoms with Crippen LogP contribution in [-0.4, -0.2) is 20.6 Å². The van der Waals surface area contributed by atoms with Gasteiger partial charge >= 0.3 is 5.82 Å². The number of carbonyl (C=O) groups is 1. The average molecular weight is 299 g/mol. The van der Waals surface area contributed by atoms with E-state index >= 15 is 0 Å². The summed E-state index contributed by atoms with van der Waals surface area (Å²) in [5, 5.41) is 26.2. The molecular weight excluding hydrogens is 286 g/mol. The Bertz CT molecular complexity index is 775. The summed E-state index contributed by atoms with van der Waals surface area (Å²) in [5.74, 6) is -0.724. The molecule has 1 amide bonds. The van der Waals surface area contributed by atoms with Gasteiger partial charge in [-0.25, -0.2) is 0 Å². The van der Waals surface area contributed by atoms with Crippen LogP contribution in [0, 0.1) is 28.4 Å². The minimum atomic E-state index is -0.750. The lowest BCUT2D eigenvalue weighted by Gasteiger charge is -2.12. The molecular formula is C14H13N5O3. The number of carbonyl (C=O) groups excluding carboxylic acids is 1. The van der Waals surface area contributed by atoms with Gasteiger partial charge in [-0.2, -0.15) is 9.94 Å². The number of hydrogen-bond acceptors (Lipinski definition) is 5. The van der Waals surface area contributed by atoms with Crippen molar-refractivity contribution in [2.75, 3.05) is 5.32 Å². The molecule has 2 aromatic rings. The topological polar surface area (TPSA) is 114 Å². The predicted molar refractivity (Wildman–Crippen MR) is 78.1 cm³/mol. The first kappa shape index (κ1) is 15.2. The molecule has 0 saturated heterocycles. The number of nitriles is 1. The summed E-state index contributed by atoms with van der Waals surface area (Å²) in [6, 6.07) is 9.13. The number of anilines is 1. The minimum absolute atomic E-state index is 0.311. The maximum absolute atomic E-state index is 12.3. The van der Waals surface area contributed by atoms with Gasteiger partial charge < -0.3 is 15.4 Å². The second-order valence-electron chi connectivity index (χ2n) is 4.67. The molecule has 22 heavy (non-hydrogen) atoms. The van der Waals surface area contributed by atoms with Gasteiger partial charge in [-0.15, -0.1) is 0 Å². The van der Waals surface area contributed by atoms with Gasteiger partial charge in [-0.1, -0.05) is 12.1 Å². The number of rotatable bonds is 4. The van der Waals surface area contributed by atoms with Crippen molar-refractivity contribution in [2.24, 2.45) is 0 Å². The van der Waals surface area contributed by atoms with Crippen LogP contribution < -0.4 is 5.32 Å². The number of amides is 1. The van der Waals surface area contributed by atoms with Crippen molar-refractivity contribution >= 4 is 17.4 Å². The number of hydrogen-bond donors (Lipinski definition) is 1. The van der Waals surface area contributed by atoms with E-state index in [0.717, 1.165) is 0 Å². The molecule has 2 rings (SSSR count). The van der Waals surface area contributed by atoms with Gasteiger partial charge in [0.2, 0.25) is 0 Å². The molecule has 112 valence electrons. The fourth-order valence-corrected chi connectivity index (χ4v) is 1.99. The third-order valence-electron chi connectivity index (χ3n) is 3.15. The number of aryl methyl sites for hydroxylation is 1. The Morgan fingerprint density at radius 3 is 2.77 bits per heavy atom. The quantitative estimate of drug-likeness (QED) is 0.686. The lowest BCUT2D eigenvalue weighted by atomic mass is 10.2. The predicted octanol–water partition coefficient (Wildman–Crippen LogP) is 2.17. The Labute approximate surface area is 126 Å². The van der Waals surface area contributed by atoms with E-state index < -0.39 is 16.9 Å². The summed E-state index contributed by atoms with van der Waals surface area (Å²) in [5.41, 5.74) is 1.23. The van der Waals surface area contributed by atoms with Crippen molar-refractivity contribution in [1.82, 2.24) is 9.78 Å². The summed E-state index contributed by atoms with van der Waals surface area (Å²) in [6.45, 7) is 3.21. The fraction of sp³-hybridized carbons (Fsp3) is 0.214. The third-order valence-corrected chi connectivity index (χ3v) is 3.15. The van der Waals surface area contributed by atoms with Crippen molar-refractivity contribution in [3.8, 4) is 6.07 Å². The molecule has 0 spiro atoms. The van der Waals surface area contributed by atoms with E-state index in [1.807, 2.05) is 6.07 Å². The molecule has 0 saturated carbocycles. The number of nitrogens with zero attached hydrogens (tertiary/aromatic N) is 4. The lowest BCUT2D eigenvalue weighted by molar-refractivity contribution is -0.389. The smallest absolute Gasteiger partial charge is 0.358 e. The van der Waals surface area contributed by atoms with E-state index in [1.165, 1.54) is 10.7 Å². The van der Waals surface area contributed by atoms with Crippen LogP contribution in [0.4, 0.5) is 11.5 Å². The molecule has 8 nitrogen and oxygen atoms in total. The molecule has 1 aromatic carbocycles. The summed E-state index contributed by atoms with van der Waals surface area (Å²) >= 11 is 0. The number of nitro groups is 1. The van der Waals surface area contributed by atoms with Crippen LogP contribution >= 0.6 is 0 Å². The highest BCUT2D eigenvalue weighted by atomic mass is 16.6. The van der Waals surface area contributed by atoms with Crippen molar-refractivity contribution in [1.29, 1.82) is 5.26 Å². The second-order valence-corrected chi connectivity index (χ2v) is 4.67. The molecule has 0 radical (unpaired) electrons. The first-order chi connectivity index (χ1) is 10.4. The molecule has 1 heterocycles. The molecule has 0 aliphatic carbocycles. The Morgan fingerprint density at radius 2 is 2.18 bits per heavy atom. The summed E-state index contributed by atoms with van der Waals surface area (Å²) in [7, 11) is 0. The van der Waals surface area contributed by atoms with Crippen LogP contribution in [0.3, 0.4) is 0 Å². The maximum atomic E-state index is 12.3. The lowest BCUT2D eigenvalue weighted by Crippen LogP contribution is -2.25. The molecule has 0 fully saturated rings. The van der Waals surface area contributed by atoms with Gasteiger partial charge in [-0.05, 0) is 30.9 Å². The normalized spacial score (nSPS) is 11.5. The number of para-hydroxylation sites is 1. The van der Waals surface area contributed by atoms with Gasteiger partial charge in [0.15, 0.2) is 0 Å². The van der Waals surface area contributed by atoms with Crippen LogP contribution in [0.1, 0.15) is 24.2 Å². The van der Waals surface area contributed by atoms with Gasteiger partial charge in [0, 0.05) is 0 Å². The highest BCUT2D eigenvalue weighted by molar-refractivity contribution is 5.94. The number of benzene rings is 1. The number of nitrogens with one attached hydrogen (secondary N) is 1. The fourth-order valence-electron chi connectivity index (χ4n) is 1.99. The second kappa shape index (κ2) is 6.05. The van der Waals surface area contributed by atoms with Crippen molar-refractivity contribution in [2.45, 2.75) is 19.9 Å². The van der Waals surface area contributed by atoms with Crippen LogP contribution in [-0.2, 0) is 4.79 Å². The summed E-state index contributed by atoms with van der Waals surface area (Å²) in [6.07, 6.45) is 0. The van der Waals surface area contributed by atoms with E-state index in [4.69, 9.17) is 5.26 Å². The largest absolute Gasteiger partial charge is 0.390 e. The zero-order valence-electron chi connectivity index (χ0n) is 12.0. The van der Waals surface area contributed by atoms with Gasteiger partial charge in [0.25, 0.3) is 5.91 Å². The van der Waals surface area contributed by atoms with Crippen LogP contribution in [0.25, 0.3) is 0 Å². The zero-order chi connectivity index (χ0) is 16.3. The average Bonchev–Trinajstić information content (AvgIpc) is 2.89. The molecule has 1 atom stereocenters. The Morgan fingerprint density at radius 1 is 1.50 bits per heavy atom. The van der Waals surface area contributed by atoms with E-state index in [2.05, 4.69) is 10.4 Å². The van der Waals surface area contributed by atoms with E-state index in [9.17, 15) is 14.9 Å². The highest BCUT2D eigenvalue weighted by Crippen LogP contribution is 2.19. The van der Waals surface area contributed by atoms with Crippen molar-refractivity contribution in [3.05, 3.63) is 51.7 Å². The van der Waals surface area contributed by atoms with Gasteiger partial charge in [0.1, 0.15) is 12.1 Å². The van der Waals surface area contributed by atoms with Crippen LogP contribution in [0.2, 0.25) is 0 Å². The van der Waals surface area contributed by atoms with Crippen LogP contribution in [0.15, 0.2) is 30.3 Å². The van der Waals surface area contributed by atoms with E-state index in [1.54, 1.807) is 38.1 Å². The molecule has 0 aliphatic heterocycles. The Balaban J connectivity index is 2.23. The van der Waals surface area contributed by atoms with Gasteiger partial charge in [-0.3, -0.25) is 4.79 Å². The summed E-state index contributed by atoms with van der Waals surface area (Å²) < 4.78 is 1.28. The molecule has 1 aromatic heterocycles. The third kappa shape index (κ3) is 2.93. The van der Waals surface area contributed by atoms with E-state index in [0.29, 0.717) is 16.9 Å². The van der Waals surface area contributed by atoms with Crippen molar-refractivity contribution in [3.63, 3.8) is 0 Å². The standard InChI is InChI=1S/C14H13N5O3/c1-9-7-13(19(21)22)17-18(9)10(2)14(20)16-12-6-4-3-5-11(12)8-15/h3-7,10H,1-2H3,(H,16,20). The van der Waals surface area contributed by atoms with E-state index in [-0.39, 0.29) is 5.82 Å². The molecule has 8 heteroatoms. The molecule has 0 bridgehead atoms. The highest BCUT2D eigenvalue weighted by Gasteiger charge is 2.24. The van der Waals surface area contributed by atoms with Crippen LogP contribution in [0.5, 0.6) is 0 Å². The Kier molecular flexibility index (Phi) is 4.18. The molecule has 0 aliphatic rings. The SMILES string of the molecule is Cc1cc([N+](=O)[O-])nn1C(C)C(=O)Nc1ccccc1C#N. The monoisotopic (exact) mass is 299 g/mol. The summed E-state index contributed by atoms with van der Waals surface area (Å²) in [4.78, 5) is 22.4. The first-order valence-electron chi connectivity index (χ1n) is 6.44. The first-order valence-corrected chi connectivity index (χ1v) is 6.44. The Hall–Kier alpha value is -3.21. The molecule has 1 unspecified atom stereocenters. The van der Waals surface area contributed by atoms with Gasteiger partial charge in [0.05, 0.1) is 28.1 Å². The zero-order valence-corrected chi connectivity index (χ0v) is 12.0. The number of aromatic nitrogens is 2.